The van der Waals surface area contributed by atoms with E-state index in [0.29, 0.717) is 5.69 Å². The number of sulfone groups is 1. The van der Waals surface area contributed by atoms with Gasteiger partial charge in [-0.3, -0.25) is 9.59 Å². The average molecular weight is 271 g/mol. The number of hydrogen-bond donors (Lipinski definition) is 2. The molecule has 1 rings (SSSR count). The lowest BCUT2D eigenvalue weighted by Crippen LogP contribution is -2.27. The first kappa shape index (κ1) is 14.2. The zero-order valence-corrected chi connectivity index (χ0v) is 10.5. The van der Waals surface area contributed by atoms with Crippen molar-refractivity contribution in [3.63, 3.8) is 0 Å². The van der Waals surface area contributed by atoms with E-state index >= 15 is 0 Å². The van der Waals surface area contributed by atoms with E-state index in [1.165, 1.54) is 0 Å². The fourth-order valence-corrected chi connectivity index (χ4v) is 2.22. The molecule has 0 heterocycles. The molecular formula is C11H13NO5S. The molecule has 0 saturated carbocycles. The number of carboxylic acids is 1. The van der Waals surface area contributed by atoms with Crippen LogP contribution in [0.1, 0.15) is 5.56 Å². The van der Waals surface area contributed by atoms with Gasteiger partial charge in [-0.25, -0.2) is 8.42 Å². The molecule has 0 saturated heterocycles. The number of aryl methyl sites for hydroxylation is 1. The maximum absolute atomic E-state index is 11.4. The van der Waals surface area contributed by atoms with Crippen molar-refractivity contribution in [2.45, 2.75) is 6.92 Å². The molecule has 1 aromatic carbocycles. The summed E-state index contributed by atoms with van der Waals surface area (Å²) in [5.41, 5.74) is 1.47. The number of carboxylic acid groups (broad SMARTS) is 1. The molecule has 0 aliphatic rings. The van der Waals surface area contributed by atoms with Gasteiger partial charge in [0, 0.05) is 5.69 Å². The third kappa shape index (κ3) is 4.96. The van der Waals surface area contributed by atoms with Gasteiger partial charge in [0.25, 0.3) is 0 Å². The number of rotatable bonds is 5. The molecule has 0 aromatic heterocycles. The fraction of sp³-hybridized carbons (Fsp3) is 0.273. The van der Waals surface area contributed by atoms with Crippen LogP contribution in [0.15, 0.2) is 24.3 Å². The Morgan fingerprint density at radius 3 is 2.22 bits per heavy atom. The van der Waals surface area contributed by atoms with Gasteiger partial charge in [0.2, 0.25) is 5.91 Å². The normalized spacial score (nSPS) is 10.9. The SMILES string of the molecule is Cc1ccc(NC(=O)CS(=O)(=O)CC(=O)O)cc1. The van der Waals surface area contributed by atoms with Gasteiger partial charge in [-0.15, -0.1) is 0 Å². The zero-order chi connectivity index (χ0) is 13.8. The first-order valence-corrected chi connectivity index (χ1v) is 6.89. The van der Waals surface area contributed by atoms with Gasteiger partial charge in [-0.05, 0) is 19.1 Å². The highest BCUT2D eigenvalue weighted by molar-refractivity contribution is 7.92. The molecule has 1 amide bonds. The molecule has 7 heteroatoms. The highest BCUT2D eigenvalue weighted by atomic mass is 32.2. The summed E-state index contributed by atoms with van der Waals surface area (Å²) in [6.45, 7) is 1.88. The standard InChI is InChI=1S/C11H13NO5S/c1-8-2-4-9(5-3-8)12-10(13)6-18(16,17)7-11(14)15/h2-5H,6-7H2,1H3,(H,12,13)(H,14,15). The van der Waals surface area contributed by atoms with Crippen LogP contribution < -0.4 is 5.32 Å². The fourth-order valence-electron chi connectivity index (χ4n) is 1.27. The quantitative estimate of drug-likeness (QED) is 0.809. The van der Waals surface area contributed by atoms with Crippen LogP contribution in [0.5, 0.6) is 0 Å². The highest BCUT2D eigenvalue weighted by Gasteiger charge is 2.20. The highest BCUT2D eigenvalue weighted by Crippen LogP contribution is 2.08. The van der Waals surface area contributed by atoms with Crippen molar-refractivity contribution in [2.24, 2.45) is 0 Å². The van der Waals surface area contributed by atoms with Crippen LogP contribution >= 0.6 is 0 Å². The predicted molar refractivity (Wildman–Crippen MR) is 66.1 cm³/mol. The average Bonchev–Trinajstić information content (AvgIpc) is 2.18. The molecule has 0 radical (unpaired) electrons. The number of aliphatic carboxylic acids is 1. The third-order valence-electron chi connectivity index (χ3n) is 2.03. The van der Waals surface area contributed by atoms with Crippen molar-refractivity contribution < 1.29 is 23.1 Å². The van der Waals surface area contributed by atoms with Gasteiger partial charge in [0.1, 0.15) is 11.5 Å². The van der Waals surface area contributed by atoms with Gasteiger partial charge < -0.3 is 10.4 Å². The second kappa shape index (κ2) is 5.63. The summed E-state index contributed by atoms with van der Waals surface area (Å²) in [6, 6.07) is 6.80. The van der Waals surface area contributed by atoms with E-state index < -0.39 is 33.2 Å². The molecule has 0 aliphatic heterocycles. The largest absolute Gasteiger partial charge is 0.480 e. The lowest BCUT2D eigenvalue weighted by molar-refractivity contribution is -0.134. The topological polar surface area (TPSA) is 101 Å². The third-order valence-corrected chi connectivity index (χ3v) is 3.42. The number of amides is 1. The lowest BCUT2D eigenvalue weighted by atomic mass is 10.2. The summed E-state index contributed by atoms with van der Waals surface area (Å²) in [4.78, 5) is 21.7. The molecule has 0 fully saturated rings. The van der Waals surface area contributed by atoms with E-state index in [1.807, 2.05) is 6.92 Å². The van der Waals surface area contributed by atoms with Crippen LogP contribution in [0.4, 0.5) is 5.69 Å². The van der Waals surface area contributed by atoms with Gasteiger partial charge in [0.05, 0.1) is 0 Å². The van der Waals surface area contributed by atoms with Crippen LogP contribution in [0.3, 0.4) is 0 Å². The Labute approximate surface area is 105 Å². The van der Waals surface area contributed by atoms with Gasteiger partial charge >= 0.3 is 5.97 Å². The maximum Gasteiger partial charge on any atom is 0.318 e. The van der Waals surface area contributed by atoms with E-state index in [2.05, 4.69) is 5.32 Å². The molecule has 18 heavy (non-hydrogen) atoms. The van der Waals surface area contributed by atoms with E-state index in [0.717, 1.165) is 5.56 Å². The van der Waals surface area contributed by atoms with Crippen molar-refractivity contribution in [2.75, 3.05) is 16.8 Å². The first-order valence-electron chi connectivity index (χ1n) is 5.07. The molecule has 2 N–H and O–H groups in total. The monoisotopic (exact) mass is 271 g/mol. The minimum Gasteiger partial charge on any atom is -0.480 e. The van der Waals surface area contributed by atoms with Gasteiger partial charge in [-0.1, -0.05) is 17.7 Å². The second-order valence-corrected chi connectivity index (χ2v) is 5.90. The Hall–Kier alpha value is -1.89. The van der Waals surface area contributed by atoms with Crippen LogP contribution in [-0.2, 0) is 19.4 Å². The van der Waals surface area contributed by atoms with Crippen LogP contribution in [-0.4, -0.2) is 36.9 Å². The van der Waals surface area contributed by atoms with Crippen molar-refractivity contribution in [3.05, 3.63) is 29.8 Å². The molecule has 98 valence electrons. The number of benzene rings is 1. The van der Waals surface area contributed by atoms with Crippen molar-refractivity contribution >= 4 is 27.4 Å². The zero-order valence-electron chi connectivity index (χ0n) is 9.71. The predicted octanol–water partition coefficient (Wildman–Crippen LogP) is 0.433. The second-order valence-electron chi connectivity index (χ2n) is 3.84. The van der Waals surface area contributed by atoms with E-state index in [1.54, 1.807) is 24.3 Å². The Morgan fingerprint density at radius 1 is 1.17 bits per heavy atom. The Kier molecular flexibility index (Phi) is 4.43. The number of hydrogen-bond acceptors (Lipinski definition) is 4. The molecule has 0 atom stereocenters. The Morgan fingerprint density at radius 2 is 1.72 bits per heavy atom. The Balaban J connectivity index is 2.62. The van der Waals surface area contributed by atoms with Crippen LogP contribution in [0.2, 0.25) is 0 Å². The van der Waals surface area contributed by atoms with Crippen LogP contribution in [0, 0.1) is 6.92 Å². The summed E-state index contributed by atoms with van der Waals surface area (Å²) in [5, 5.41) is 10.8. The number of anilines is 1. The molecule has 0 spiro atoms. The smallest absolute Gasteiger partial charge is 0.318 e. The summed E-state index contributed by atoms with van der Waals surface area (Å²) in [7, 11) is -3.92. The maximum atomic E-state index is 11.4. The minimum absolute atomic E-state index is 0.469. The molecule has 0 bridgehead atoms. The van der Waals surface area contributed by atoms with Crippen molar-refractivity contribution in [1.29, 1.82) is 0 Å². The van der Waals surface area contributed by atoms with Crippen molar-refractivity contribution in [1.82, 2.24) is 0 Å². The molecule has 1 aromatic rings. The van der Waals surface area contributed by atoms with E-state index in [9.17, 15) is 18.0 Å². The minimum atomic E-state index is -3.92. The van der Waals surface area contributed by atoms with Crippen LogP contribution in [0.25, 0.3) is 0 Å². The summed E-state index contributed by atoms with van der Waals surface area (Å²) in [6.07, 6.45) is 0. The number of carbonyl (C=O) groups excluding carboxylic acids is 1. The summed E-state index contributed by atoms with van der Waals surface area (Å²) in [5.74, 6) is -4.11. The van der Waals surface area contributed by atoms with E-state index in [4.69, 9.17) is 5.11 Å². The molecular weight excluding hydrogens is 258 g/mol. The van der Waals surface area contributed by atoms with Gasteiger partial charge in [0.15, 0.2) is 9.84 Å². The summed E-state index contributed by atoms with van der Waals surface area (Å²) < 4.78 is 22.5. The Bertz CT molecular complexity index is 547. The first-order chi connectivity index (χ1) is 8.28. The van der Waals surface area contributed by atoms with Crippen molar-refractivity contribution in [3.8, 4) is 0 Å². The molecule has 6 nitrogen and oxygen atoms in total. The molecule has 0 unspecified atom stereocenters. The summed E-state index contributed by atoms with van der Waals surface area (Å²) >= 11 is 0. The number of nitrogens with one attached hydrogen (secondary N) is 1. The number of carbonyl (C=O) groups is 2. The van der Waals surface area contributed by atoms with Gasteiger partial charge in [-0.2, -0.15) is 0 Å². The lowest BCUT2D eigenvalue weighted by Gasteiger charge is -2.05. The molecule has 0 aliphatic carbocycles. The van der Waals surface area contributed by atoms with E-state index in [-0.39, 0.29) is 0 Å².